The van der Waals surface area contributed by atoms with Crippen LogP contribution in [-0.2, 0) is 11.3 Å². The number of rotatable bonds is 3. The van der Waals surface area contributed by atoms with Gasteiger partial charge in [-0.1, -0.05) is 6.07 Å². The number of aliphatic hydroxyl groups is 1. The minimum absolute atomic E-state index is 0.0595. The number of aromatic nitrogens is 1. The Morgan fingerprint density at radius 2 is 2.29 bits per heavy atom. The van der Waals surface area contributed by atoms with Gasteiger partial charge in [0.2, 0.25) is 0 Å². The maximum absolute atomic E-state index is 9.29. The molecular formula is C16H21N3O2. The minimum Gasteiger partial charge on any atom is -0.398 e. The standard InChI is InChI=1S/C16H21N3O2/c1-11-10-21-13(9-20)8-19(11)7-12-4-5-15(17)14-3-2-6-18-16(12)14/h2-6,11,13,20H,7-10,17H2,1H3. The molecule has 0 spiro atoms. The van der Waals surface area contributed by atoms with Crippen molar-refractivity contribution >= 4 is 16.6 Å². The highest BCUT2D eigenvalue weighted by molar-refractivity contribution is 5.92. The number of ether oxygens (including phenoxy) is 1. The van der Waals surface area contributed by atoms with E-state index in [4.69, 9.17) is 10.5 Å². The Morgan fingerprint density at radius 3 is 3.10 bits per heavy atom. The predicted molar refractivity (Wildman–Crippen MR) is 82.9 cm³/mol. The smallest absolute Gasteiger partial charge is 0.0933 e. The van der Waals surface area contributed by atoms with Gasteiger partial charge in [-0.2, -0.15) is 0 Å². The summed E-state index contributed by atoms with van der Waals surface area (Å²) in [5.41, 5.74) is 8.89. The van der Waals surface area contributed by atoms with E-state index in [0.717, 1.165) is 35.2 Å². The molecule has 2 atom stereocenters. The van der Waals surface area contributed by atoms with E-state index in [2.05, 4.69) is 16.8 Å². The number of nitrogen functional groups attached to an aromatic ring is 1. The number of hydrogen-bond acceptors (Lipinski definition) is 5. The monoisotopic (exact) mass is 287 g/mol. The van der Waals surface area contributed by atoms with Gasteiger partial charge in [0.1, 0.15) is 0 Å². The summed E-state index contributed by atoms with van der Waals surface area (Å²) in [6.07, 6.45) is 1.69. The molecule has 1 aliphatic heterocycles. The fraction of sp³-hybridized carbons (Fsp3) is 0.438. The molecule has 0 bridgehead atoms. The summed E-state index contributed by atoms with van der Waals surface area (Å²) in [5.74, 6) is 0. The second kappa shape index (κ2) is 5.97. The summed E-state index contributed by atoms with van der Waals surface area (Å²) < 4.78 is 5.59. The summed E-state index contributed by atoms with van der Waals surface area (Å²) in [6, 6.07) is 8.21. The SMILES string of the molecule is CC1COC(CO)CN1Cc1ccc(N)c2cccnc12. The molecule has 21 heavy (non-hydrogen) atoms. The van der Waals surface area contributed by atoms with Crippen molar-refractivity contribution in [3.8, 4) is 0 Å². The first-order chi connectivity index (χ1) is 10.2. The number of morpholine rings is 1. The molecule has 1 aliphatic rings. The van der Waals surface area contributed by atoms with Gasteiger partial charge in [-0.3, -0.25) is 9.88 Å². The van der Waals surface area contributed by atoms with Gasteiger partial charge in [-0.15, -0.1) is 0 Å². The molecule has 1 aromatic carbocycles. The highest BCUT2D eigenvalue weighted by Crippen LogP contribution is 2.25. The molecule has 0 aliphatic carbocycles. The lowest BCUT2D eigenvalue weighted by atomic mass is 10.1. The average Bonchev–Trinajstić information content (AvgIpc) is 2.52. The molecule has 3 rings (SSSR count). The fourth-order valence-corrected chi connectivity index (χ4v) is 2.81. The van der Waals surface area contributed by atoms with Gasteiger partial charge in [0, 0.05) is 36.4 Å². The van der Waals surface area contributed by atoms with E-state index in [-0.39, 0.29) is 12.7 Å². The van der Waals surface area contributed by atoms with Crippen molar-refractivity contribution in [2.24, 2.45) is 0 Å². The van der Waals surface area contributed by atoms with Crippen LogP contribution in [-0.4, -0.2) is 46.9 Å². The number of nitrogens with two attached hydrogens (primary N) is 1. The Hall–Kier alpha value is -1.69. The summed E-state index contributed by atoms with van der Waals surface area (Å²) in [4.78, 5) is 6.81. The minimum atomic E-state index is -0.103. The number of aliphatic hydroxyl groups excluding tert-OH is 1. The van der Waals surface area contributed by atoms with Crippen molar-refractivity contribution in [1.29, 1.82) is 0 Å². The Balaban J connectivity index is 1.89. The molecule has 5 nitrogen and oxygen atoms in total. The Kier molecular flexibility index (Phi) is 4.05. The lowest BCUT2D eigenvalue weighted by molar-refractivity contribution is -0.0804. The number of nitrogens with zero attached hydrogens (tertiary/aromatic N) is 2. The van der Waals surface area contributed by atoms with Crippen molar-refractivity contribution in [1.82, 2.24) is 9.88 Å². The van der Waals surface area contributed by atoms with Crippen LogP contribution in [0.15, 0.2) is 30.5 Å². The normalized spacial score (nSPS) is 23.5. The molecular weight excluding hydrogens is 266 g/mol. The maximum atomic E-state index is 9.29. The lowest BCUT2D eigenvalue weighted by Gasteiger charge is -2.37. The third-order valence-electron chi connectivity index (χ3n) is 4.10. The highest BCUT2D eigenvalue weighted by Gasteiger charge is 2.26. The van der Waals surface area contributed by atoms with Gasteiger partial charge in [0.25, 0.3) is 0 Å². The van der Waals surface area contributed by atoms with Crippen LogP contribution in [0.3, 0.4) is 0 Å². The van der Waals surface area contributed by atoms with Crippen LogP contribution >= 0.6 is 0 Å². The average molecular weight is 287 g/mol. The third-order valence-corrected chi connectivity index (χ3v) is 4.10. The van der Waals surface area contributed by atoms with E-state index in [9.17, 15) is 5.11 Å². The maximum Gasteiger partial charge on any atom is 0.0933 e. The first-order valence-electron chi connectivity index (χ1n) is 7.27. The van der Waals surface area contributed by atoms with Crippen molar-refractivity contribution in [3.63, 3.8) is 0 Å². The van der Waals surface area contributed by atoms with Crippen LogP contribution in [0.1, 0.15) is 12.5 Å². The molecule has 1 fully saturated rings. The Labute approximate surface area is 124 Å². The molecule has 1 aromatic heterocycles. The first-order valence-corrected chi connectivity index (χ1v) is 7.27. The number of hydrogen-bond donors (Lipinski definition) is 2. The number of benzene rings is 1. The summed E-state index contributed by atoms with van der Waals surface area (Å²) in [7, 11) is 0. The third kappa shape index (κ3) is 2.85. The molecule has 112 valence electrons. The highest BCUT2D eigenvalue weighted by atomic mass is 16.5. The number of pyridine rings is 1. The van der Waals surface area contributed by atoms with Crippen LogP contribution in [0, 0.1) is 0 Å². The van der Waals surface area contributed by atoms with Gasteiger partial charge in [-0.25, -0.2) is 0 Å². The van der Waals surface area contributed by atoms with Crippen LogP contribution in [0.4, 0.5) is 5.69 Å². The van der Waals surface area contributed by atoms with E-state index < -0.39 is 0 Å². The zero-order valence-corrected chi connectivity index (χ0v) is 12.2. The van der Waals surface area contributed by atoms with Crippen molar-refractivity contribution in [2.75, 3.05) is 25.5 Å². The topological polar surface area (TPSA) is 71.6 Å². The predicted octanol–water partition coefficient (Wildman–Crippen LogP) is 1.40. The van der Waals surface area contributed by atoms with Crippen LogP contribution < -0.4 is 5.73 Å². The van der Waals surface area contributed by atoms with Gasteiger partial charge in [0.15, 0.2) is 0 Å². The largest absolute Gasteiger partial charge is 0.398 e. The van der Waals surface area contributed by atoms with E-state index >= 15 is 0 Å². The van der Waals surface area contributed by atoms with E-state index in [0.29, 0.717) is 12.6 Å². The van der Waals surface area contributed by atoms with Crippen LogP contribution in [0.5, 0.6) is 0 Å². The van der Waals surface area contributed by atoms with E-state index in [1.54, 1.807) is 6.20 Å². The fourth-order valence-electron chi connectivity index (χ4n) is 2.81. The van der Waals surface area contributed by atoms with Crippen molar-refractivity contribution in [3.05, 3.63) is 36.0 Å². The quantitative estimate of drug-likeness (QED) is 0.835. The second-order valence-corrected chi connectivity index (χ2v) is 5.63. The molecule has 2 unspecified atom stereocenters. The molecule has 0 radical (unpaired) electrons. The lowest BCUT2D eigenvalue weighted by Crippen LogP contribution is -2.48. The Bertz CT molecular complexity index is 632. The molecule has 0 amide bonds. The molecule has 2 heterocycles. The van der Waals surface area contributed by atoms with Crippen LogP contribution in [0.2, 0.25) is 0 Å². The molecule has 2 aromatic rings. The van der Waals surface area contributed by atoms with Crippen molar-refractivity contribution in [2.45, 2.75) is 25.6 Å². The molecule has 0 saturated carbocycles. The zero-order valence-electron chi connectivity index (χ0n) is 12.2. The zero-order chi connectivity index (χ0) is 14.8. The van der Waals surface area contributed by atoms with Gasteiger partial charge < -0.3 is 15.6 Å². The van der Waals surface area contributed by atoms with E-state index in [1.165, 1.54) is 0 Å². The van der Waals surface area contributed by atoms with Crippen LogP contribution in [0.25, 0.3) is 10.9 Å². The van der Waals surface area contributed by atoms with Gasteiger partial charge in [0.05, 0.1) is 24.8 Å². The molecule has 3 N–H and O–H groups in total. The van der Waals surface area contributed by atoms with Crippen molar-refractivity contribution < 1.29 is 9.84 Å². The Morgan fingerprint density at radius 1 is 1.43 bits per heavy atom. The molecule has 5 heteroatoms. The number of fused-ring (bicyclic) bond motifs is 1. The number of anilines is 1. The summed E-state index contributed by atoms with van der Waals surface area (Å²) in [6.45, 7) is 4.36. The van der Waals surface area contributed by atoms with Gasteiger partial charge in [-0.05, 0) is 30.7 Å². The first kappa shape index (κ1) is 14.3. The van der Waals surface area contributed by atoms with E-state index in [1.807, 2.05) is 24.3 Å². The summed E-state index contributed by atoms with van der Waals surface area (Å²) >= 11 is 0. The summed E-state index contributed by atoms with van der Waals surface area (Å²) in [5, 5.41) is 10.3. The van der Waals surface area contributed by atoms with Gasteiger partial charge >= 0.3 is 0 Å². The molecule has 1 saturated heterocycles. The second-order valence-electron chi connectivity index (χ2n) is 5.63.